The Morgan fingerprint density at radius 3 is 0.947 bits per heavy atom. The van der Waals surface area contributed by atoms with E-state index in [1.165, 1.54) is 88.1 Å². The van der Waals surface area contributed by atoms with Crippen molar-refractivity contribution in [2.75, 3.05) is 0 Å². The average Bonchev–Trinajstić information content (AvgIpc) is 0.938. The van der Waals surface area contributed by atoms with Crippen LogP contribution in [0.15, 0.2) is 328 Å². The van der Waals surface area contributed by atoms with Crippen molar-refractivity contribution in [3.63, 3.8) is 0 Å². The molecule has 4 heterocycles. The highest BCUT2D eigenvalue weighted by molar-refractivity contribution is 6.15. The summed E-state index contributed by atoms with van der Waals surface area (Å²) in [6.07, 6.45) is 0. The Bertz CT molecular complexity index is 5470. The normalized spacial score (nSPS) is 13.7. The van der Waals surface area contributed by atoms with Crippen molar-refractivity contribution < 1.29 is 0 Å². The molecule has 94 heavy (non-hydrogen) atoms. The predicted octanol–water partition coefficient (Wildman–Crippen LogP) is 21.8. The highest BCUT2D eigenvalue weighted by Gasteiger charge is 2.41. The lowest BCUT2D eigenvalue weighted by Gasteiger charge is -2.42. The third-order valence-electron chi connectivity index (χ3n) is 19.5. The van der Waals surface area contributed by atoms with Crippen LogP contribution in [-0.2, 0) is 0 Å². The number of fused-ring (bicyclic) bond motifs is 6. The Balaban J connectivity index is 0.687. The van der Waals surface area contributed by atoms with Gasteiger partial charge in [0.25, 0.3) is 0 Å². The molecule has 0 saturated heterocycles. The van der Waals surface area contributed by atoms with Crippen molar-refractivity contribution >= 4 is 43.6 Å². The summed E-state index contributed by atoms with van der Waals surface area (Å²) < 4.78 is 4.81. The summed E-state index contributed by atoms with van der Waals surface area (Å²) >= 11 is 0. The van der Waals surface area contributed by atoms with Crippen molar-refractivity contribution in [2.45, 2.75) is 11.8 Å². The van der Waals surface area contributed by atoms with E-state index in [9.17, 15) is 0 Å². The van der Waals surface area contributed by atoms with Crippen LogP contribution in [0.25, 0.3) is 145 Å². The lowest BCUT2D eigenvalue weighted by molar-refractivity contribution is 0.755. The summed E-state index contributed by atoms with van der Waals surface area (Å²) in [6.45, 7) is 0. The Morgan fingerprint density at radius 1 is 0.213 bits per heavy atom. The van der Waals surface area contributed by atoms with Crippen molar-refractivity contribution in [3.8, 4) is 101 Å². The van der Waals surface area contributed by atoms with Crippen LogP contribution in [0.3, 0.4) is 0 Å². The first kappa shape index (κ1) is 53.5. The number of aromatic nitrogens is 6. The third kappa shape index (κ3) is 8.64. The molecule has 20 rings (SSSR count). The van der Waals surface area contributed by atoms with E-state index in [2.05, 4.69) is 325 Å². The molecular weight excluding hydrogens is 1140 g/mol. The third-order valence-corrected chi connectivity index (χ3v) is 19.5. The van der Waals surface area contributed by atoms with Gasteiger partial charge in [-0.2, -0.15) is 0 Å². The van der Waals surface area contributed by atoms with E-state index in [1.807, 2.05) is 12.1 Å². The number of hydrogen-bond donors (Lipinski definition) is 0. The van der Waals surface area contributed by atoms with Crippen molar-refractivity contribution in [3.05, 3.63) is 361 Å². The largest absolute Gasteiger partial charge is 0.309 e. The van der Waals surface area contributed by atoms with Gasteiger partial charge >= 0.3 is 0 Å². The predicted molar refractivity (Wildman–Crippen MR) is 385 cm³/mol. The number of rotatable bonds is 10. The molecule has 2 atom stereocenters. The van der Waals surface area contributed by atoms with Crippen LogP contribution in [0.5, 0.6) is 0 Å². The van der Waals surface area contributed by atoms with Crippen LogP contribution in [0.4, 0.5) is 0 Å². The highest BCUT2D eigenvalue weighted by Crippen LogP contribution is 2.57. The molecule has 6 heteroatoms. The second-order valence-corrected chi connectivity index (χ2v) is 24.8. The van der Waals surface area contributed by atoms with Gasteiger partial charge < -0.3 is 9.13 Å². The molecule has 4 aromatic heterocycles. The molecule has 2 unspecified atom stereocenters. The fraction of sp³-hybridized carbons (Fsp3) is 0.0227. The van der Waals surface area contributed by atoms with Crippen LogP contribution in [0.1, 0.15) is 45.2 Å². The van der Waals surface area contributed by atoms with Gasteiger partial charge in [-0.1, -0.05) is 267 Å². The molecule has 17 aromatic rings. The monoisotopic (exact) mass is 1200 g/mol. The van der Waals surface area contributed by atoms with E-state index in [-0.39, 0.29) is 11.8 Å². The van der Waals surface area contributed by atoms with Crippen LogP contribution in [0.2, 0.25) is 0 Å². The smallest absolute Gasteiger partial charge is 0.160 e. The van der Waals surface area contributed by atoms with Gasteiger partial charge in [-0.15, -0.1) is 0 Å². The maximum atomic E-state index is 5.38. The molecule has 0 saturated carbocycles. The summed E-state index contributed by atoms with van der Waals surface area (Å²) in [5.74, 6) is 1.42. The minimum Gasteiger partial charge on any atom is -0.309 e. The minimum atomic E-state index is 0.0202. The van der Waals surface area contributed by atoms with Gasteiger partial charge in [0.15, 0.2) is 11.6 Å². The van der Waals surface area contributed by atoms with Gasteiger partial charge in [0, 0.05) is 89.3 Å². The van der Waals surface area contributed by atoms with E-state index in [0.717, 1.165) is 78.7 Å². The topological polar surface area (TPSA) is 61.4 Å². The molecular formula is C88H56N6. The summed E-state index contributed by atoms with van der Waals surface area (Å²) in [6, 6.07) is 118. The van der Waals surface area contributed by atoms with Crippen LogP contribution in [-0.4, -0.2) is 29.1 Å². The van der Waals surface area contributed by atoms with Gasteiger partial charge in [-0.25, -0.2) is 19.9 Å². The molecule has 13 aromatic carbocycles. The molecule has 2 bridgehead atoms. The quantitative estimate of drug-likeness (QED) is 0.137. The Morgan fingerprint density at radius 2 is 0.532 bits per heavy atom. The molecule has 438 valence electrons. The SMILES string of the molecule is c1ccc(-c2nc(-c3ccc(-c4cccc5c6ccccc6n(-c6ccccc6)c45)cc3)cc(-c3ccc4c(c3)C3c5ccccc5C4c4cc(-c5cc(-c6ccc(-c7cccc8c9ccccc9n(-c9ccccc9)c78)cc6)nc(-c6ccccc6)n5)ccc43)n2)cc1. The van der Waals surface area contributed by atoms with Crippen LogP contribution in [0, 0.1) is 0 Å². The van der Waals surface area contributed by atoms with E-state index >= 15 is 0 Å². The standard InChI is InChI=1S/C88H56N6/c1-5-21-59(22-6-1)87-89-77(57-43-39-55(40-44-57)65-33-19-35-73-67-29-15-17-37-81(67)93(85(65)73)63-25-9-3-10-26-63)53-79(91-87)61-47-49-71-75(51-61)83-69-31-13-14-32-70(69)84(71)76-52-62(48-50-72(76)83)80-54-78(90-88(92-80)60-23-7-2-8-24-60)58-45-41-56(42-46-58)66-34-20-36-74-68-30-16-18-38-82(68)94(86(66)74)64-27-11-4-12-28-64/h1-54,83-84H. The Kier molecular flexibility index (Phi) is 12.3. The first-order valence-corrected chi connectivity index (χ1v) is 32.2. The number of benzene rings is 13. The summed E-state index contributed by atoms with van der Waals surface area (Å²) in [5.41, 5.74) is 29.2. The Labute approximate surface area is 543 Å². The van der Waals surface area contributed by atoms with Crippen LogP contribution < -0.4 is 0 Å². The van der Waals surface area contributed by atoms with Gasteiger partial charge in [-0.05, 0) is 105 Å². The van der Waals surface area contributed by atoms with Crippen molar-refractivity contribution in [1.82, 2.24) is 29.1 Å². The second kappa shape index (κ2) is 21.7. The Hall–Kier alpha value is -12.4. The molecule has 0 N–H and O–H groups in total. The molecule has 0 aliphatic heterocycles. The zero-order valence-corrected chi connectivity index (χ0v) is 51.0. The average molecular weight is 1200 g/mol. The lowest BCUT2D eigenvalue weighted by atomic mass is 9.60. The maximum absolute atomic E-state index is 5.38. The molecule has 3 aliphatic rings. The maximum Gasteiger partial charge on any atom is 0.160 e. The molecule has 3 aliphatic carbocycles. The van der Waals surface area contributed by atoms with Gasteiger partial charge in [0.1, 0.15) is 0 Å². The summed E-state index contributed by atoms with van der Waals surface area (Å²) in [7, 11) is 0. The molecule has 0 amide bonds. The zero-order valence-electron chi connectivity index (χ0n) is 51.0. The van der Waals surface area contributed by atoms with Gasteiger partial charge in [0.2, 0.25) is 0 Å². The summed E-state index contributed by atoms with van der Waals surface area (Å²) in [5, 5.41) is 4.93. The minimum absolute atomic E-state index is 0.0202. The first-order valence-electron chi connectivity index (χ1n) is 32.2. The van der Waals surface area contributed by atoms with E-state index in [4.69, 9.17) is 19.9 Å². The fourth-order valence-corrected chi connectivity index (χ4v) is 15.3. The summed E-state index contributed by atoms with van der Waals surface area (Å²) in [4.78, 5) is 21.4. The molecule has 6 nitrogen and oxygen atoms in total. The zero-order chi connectivity index (χ0) is 61.8. The van der Waals surface area contributed by atoms with E-state index in [1.54, 1.807) is 0 Å². The van der Waals surface area contributed by atoms with Crippen molar-refractivity contribution in [1.29, 1.82) is 0 Å². The molecule has 0 spiro atoms. The lowest BCUT2D eigenvalue weighted by Crippen LogP contribution is -2.27. The van der Waals surface area contributed by atoms with Crippen LogP contribution >= 0.6 is 0 Å². The van der Waals surface area contributed by atoms with E-state index in [0.29, 0.717) is 11.6 Å². The fourth-order valence-electron chi connectivity index (χ4n) is 15.3. The second-order valence-electron chi connectivity index (χ2n) is 24.8. The van der Waals surface area contributed by atoms with Crippen molar-refractivity contribution in [2.24, 2.45) is 0 Å². The number of hydrogen-bond acceptors (Lipinski definition) is 4. The number of nitrogens with zero attached hydrogens (tertiary/aromatic N) is 6. The number of para-hydroxylation sites is 6. The molecule has 0 radical (unpaired) electrons. The first-order chi connectivity index (χ1) is 46.6. The van der Waals surface area contributed by atoms with E-state index < -0.39 is 0 Å². The molecule has 0 fully saturated rings. The van der Waals surface area contributed by atoms with Gasteiger partial charge in [-0.3, -0.25) is 0 Å². The van der Waals surface area contributed by atoms with Gasteiger partial charge in [0.05, 0.1) is 44.8 Å². The highest BCUT2D eigenvalue weighted by atomic mass is 15.0.